The van der Waals surface area contributed by atoms with Gasteiger partial charge in [0.2, 0.25) is 0 Å². The number of hydrogen-bond donors (Lipinski definition) is 3. The van der Waals surface area contributed by atoms with Crippen LogP contribution in [-0.2, 0) is 9.47 Å². The van der Waals surface area contributed by atoms with Crippen LogP contribution in [0.1, 0.15) is 12.8 Å². The van der Waals surface area contributed by atoms with Crippen molar-refractivity contribution >= 4 is 8.80 Å². The van der Waals surface area contributed by atoms with Gasteiger partial charge in [0, 0.05) is 27.3 Å². The fourth-order valence-electron chi connectivity index (χ4n) is 1.99. The van der Waals surface area contributed by atoms with Gasteiger partial charge in [-0.05, 0) is 25.9 Å². The van der Waals surface area contributed by atoms with Gasteiger partial charge >= 0.3 is 0 Å². The van der Waals surface area contributed by atoms with Crippen molar-refractivity contribution < 1.29 is 9.47 Å². The highest BCUT2D eigenvalue weighted by Crippen LogP contribution is 2.12. The van der Waals surface area contributed by atoms with Crippen molar-refractivity contribution in [2.75, 3.05) is 40.4 Å². The van der Waals surface area contributed by atoms with Gasteiger partial charge < -0.3 is 26.3 Å². The normalized spacial score (nSPS) is 13.2. The van der Waals surface area contributed by atoms with Gasteiger partial charge in [-0.1, -0.05) is 12.1 Å². The molecule has 0 aliphatic carbocycles. The van der Waals surface area contributed by atoms with E-state index in [0.717, 1.165) is 26.1 Å². The van der Waals surface area contributed by atoms with E-state index in [9.17, 15) is 0 Å². The van der Waals surface area contributed by atoms with Crippen molar-refractivity contribution in [1.29, 1.82) is 0 Å². The van der Waals surface area contributed by atoms with Gasteiger partial charge in [-0.25, -0.2) is 0 Å². The molecule has 0 radical (unpaired) electrons. The smallest absolute Gasteiger partial charge is 0.137 e. The van der Waals surface area contributed by atoms with Gasteiger partial charge in [0.25, 0.3) is 0 Å². The van der Waals surface area contributed by atoms with Crippen LogP contribution in [0.2, 0.25) is 12.1 Å². The minimum absolute atomic E-state index is 0.0241. The summed E-state index contributed by atoms with van der Waals surface area (Å²) < 4.78 is 10.8. The molecule has 104 valence electrons. The lowest BCUT2D eigenvalue weighted by molar-refractivity contribution is -0.0475. The van der Waals surface area contributed by atoms with E-state index in [1.54, 1.807) is 14.2 Å². The molecule has 1 atom stereocenters. The van der Waals surface area contributed by atoms with Crippen molar-refractivity contribution in [3.8, 4) is 0 Å². The maximum atomic E-state index is 5.57. The lowest BCUT2D eigenvalue weighted by Gasteiger charge is -2.23. The van der Waals surface area contributed by atoms with Gasteiger partial charge in [-0.3, -0.25) is 0 Å². The molecule has 0 aromatic carbocycles. The highest BCUT2D eigenvalue weighted by molar-refractivity contribution is 6.59. The van der Waals surface area contributed by atoms with Crippen LogP contribution in [0.3, 0.4) is 0 Å². The molecule has 5 N–H and O–H groups in total. The van der Waals surface area contributed by atoms with E-state index in [2.05, 4.69) is 5.32 Å². The van der Waals surface area contributed by atoms with E-state index >= 15 is 0 Å². The summed E-state index contributed by atoms with van der Waals surface area (Å²) in [5.41, 5.74) is 11.0. The quantitative estimate of drug-likeness (QED) is 0.255. The third kappa shape index (κ3) is 8.70. The molecule has 0 aromatic heterocycles. The lowest BCUT2D eigenvalue weighted by Crippen LogP contribution is -2.35. The van der Waals surface area contributed by atoms with E-state index in [1.165, 1.54) is 18.5 Å². The third-order valence-electron chi connectivity index (χ3n) is 2.88. The van der Waals surface area contributed by atoms with Crippen molar-refractivity contribution in [2.24, 2.45) is 11.5 Å². The molecule has 0 aromatic rings. The zero-order chi connectivity index (χ0) is 12.9. The predicted molar refractivity (Wildman–Crippen MR) is 74.8 cm³/mol. The molecule has 1 unspecified atom stereocenters. The van der Waals surface area contributed by atoms with Crippen LogP contribution in [0.25, 0.3) is 0 Å². The number of nitrogens with two attached hydrogens (primary N) is 2. The number of hydrogen-bond acceptors (Lipinski definition) is 5. The summed E-state index contributed by atoms with van der Waals surface area (Å²) in [7, 11) is 2.44. The number of rotatable bonds is 12. The Morgan fingerprint density at radius 1 is 1.00 bits per heavy atom. The molecule has 0 fully saturated rings. The molecule has 6 heteroatoms. The van der Waals surface area contributed by atoms with Gasteiger partial charge in [0.15, 0.2) is 0 Å². The SMILES string of the molecule is COC(OC)[SiH](CCCN)CCCNCCN. The molecule has 0 amide bonds. The zero-order valence-electron chi connectivity index (χ0n) is 11.3. The summed E-state index contributed by atoms with van der Waals surface area (Å²) in [5, 5.41) is 3.31. The number of methoxy groups -OCH3 is 2. The molecule has 0 bridgehead atoms. The highest BCUT2D eigenvalue weighted by atomic mass is 28.3. The Morgan fingerprint density at radius 3 is 2.18 bits per heavy atom. The topological polar surface area (TPSA) is 82.5 Å². The van der Waals surface area contributed by atoms with Crippen LogP contribution < -0.4 is 16.8 Å². The molecule has 0 saturated carbocycles. The second kappa shape index (κ2) is 12.5. The summed E-state index contributed by atoms with van der Waals surface area (Å²) in [4.78, 5) is 0. The summed E-state index contributed by atoms with van der Waals surface area (Å²) in [5.74, 6) is 0.0241. The lowest BCUT2D eigenvalue weighted by atomic mass is 10.4. The van der Waals surface area contributed by atoms with Crippen molar-refractivity contribution in [1.82, 2.24) is 5.32 Å². The fraction of sp³-hybridized carbons (Fsp3) is 1.00. The predicted octanol–water partition coefficient (Wildman–Crippen LogP) is -0.341. The minimum Gasteiger partial charge on any atom is -0.360 e. The summed E-state index contributed by atoms with van der Waals surface area (Å²) >= 11 is 0. The second-order valence-corrected chi connectivity index (χ2v) is 7.43. The monoisotopic (exact) mass is 263 g/mol. The van der Waals surface area contributed by atoms with Crippen molar-refractivity contribution in [2.45, 2.75) is 30.8 Å². The van der Waals surface area contributed by atoms with Crippen molar-refractivity contribution in [3.63, 3.8) is 0 Å². The van der Waals surface area contributed by atoms with Crippen LogP contribution in [0, 0.1) is 0 Å². The fourth-order valence-corrected chi connectivity index (χ4v) is 5.09. The first kappa shape index (κ1) is 17.0. The van der Waals surface area contributed by atoms with E-state index in [1.807, 2.05) is 0 Å². The standard InChI is InChI=1S/C11H29N3O2Si/c1-15-11(16-2)17(9-3-5-12)10-4-7-14-8-6-13/h11,14,17H,3-10,12-13H2,1-2H3. The first-order valence-corrected chi connectivity index (χ1v) is 8.76. The second-order valence-electron chi connectivity index (χ2n) is 4.21. The largest absolute Gasteiger partial charge is 0.360 e. The van der Waals surface area contributed by atoms with Crippen LogP contribution >= 0.6 is 0 Å². The highest BCUT2D eigenvalue weighted by Gasteiger charge is 2.21. The first-order chi connectivity index (χ1) is 8.29. The molecule has 5 nitrogen and oxygen atoms in total. The number of nitrogens with one attached hydrogen (secondary N) is 1. The van der Waals surface area contributed by atoms with Crippen LogP contribution in [-0.4, -0.2) is 55.1 Å². The molecule has 0 aliphatic rings. The molecular weight excluding hydrogens is 234 g/mol. The van der Waals surface area contributed by atoms with Gasteiger partial charge in [-0.2, -0.15) is 0 Å². The van der Waals surface area contributed by atoms with Crippen LogP contribution in [0.5, 0.6) is 0 Å². The molecule has 0 spiro atoms. The summed E-state index contributed by atoms with van der Waals surface area (Å²) in [6.07, 6.45) is 2.25. The van der Waals surface area contributed by atoms with Gasteiger partial charge in [-0.15, -0.1) is 0 Å². The Kier molecular flexibility index (Phi) is 12.5. The zero-order valence-corrected chi connectivity index (χ0v) is 12.4. The Morgan fingerprint density at radius 2 is 1.65 bits per heavy atom. The Bertz CT molecular complexity index is 160. The van der Waals surface area contributed by atoms with E-state index in [0.29, 0.717) is 6.54 Å². The Labute approximate surface area is 107 Å². The minimum atomic E-state index is -1.01. The summed E-state index contributed by atoms with van der Waals surface area (Å²) in [6, 6.07) is 2.42. The molecule has 0 saturated heterocycles. The Hall–Kier alpha value is 0.0169. The molecule has 0 aliphatic heterocycles. The molecule has 0 heterocycles. The van der Waals surface area contributed by atoms with E-state index in [-0.39, 0.29) is 5.91 Å². The van der Waals surface area contributed by atoms with E-state index in [4.69, 9.17) is 20.9 Å². The molecule has 0 rings (SSSR count). The van der Waals surface area contributed by atoms with Gasteiger partial charge in [0.1, 0.15) is 14.7 Å². The van der Waals surface area contributed by atoms with E-state index < -0.39 is 8.80 Å². The maximum Gasteiger partial charge on any atom is 0.137 e. The number of ether oxygens (including phenoxy) is 2. The maximum absolute atomic E-state index is 5.57. The average molecular weight is 263 g/mol. The average Bonchev–Trinajstić information content (AvgIpc) is 2.36. The summed E-state index contributed by atoms with van der Waals surface area (Å²) in [6.45, 7) is 3.39. The Balaban J connectivity index is 3.83. The first-order valence-electron chi connectivity index (χ1n) is 6.46. The van der Waals surface area contributed by atoms with Crippen LogP contribution in [0.4, 0.5) is 0 Å². The van der Waals surface area contributed by atoms with Gasteiger partial charge in [0.05, 0.1) is 0 Å². The van der Waals surface area contributed by atoms with Crippen LogP contribution in [0.15, 0.2) is 0 Å². The molecular formula is C11H29N3O2Si. The third-order valence-corrected chi connectivity index (χ3v) is 6.49. The van der Waals surface area contributed by atoms with Crippen molar-refractivity contribution in [3.05, 3.63) is 0 Å². The molecule has 17 heavy (non-hydrogen) atoms.